The lowest BCUT2D eigenvalue weighted by Crippen LogP contribution is -2.49. The van der Waals surface area contributed by atoms with Gasteiger partial charge in [0.05, 0.1) is 18.9 Å². The van der Waals surface area contributed by atoms with Gasteiger partial charge >= 0.3 is 0 Å². The summed E-state index contributed by atoms with van der Waals surface area (Å²) in [5, 5.41) is 2.77. The molecule has 0 radical (unpaired) electrons. The molecule has 8 heteroatoms. The molecule has 2 fully saturated rings. The number of piperazine rings is 1. The van der Waals surface area contributed by atoms with Crippen molar-refractivity contribution < 1.29 is 14.3 Å². The third-order valence-corrected chi connectivity index (χ3v) is 7.36. The first-order valence-electron chi connectivity index (χ1n) is 10.7. The van der Waals surface area contributed by atoms with Crippen LogP contribution >= 0.6 is 11.8 Å². The van der Waals surface area contributed by atoms with Crippen molar-refractivity contribution in [3.05, 3.63) is 54.1 Å². The molecule has 2 saturated heterocycles. The van der Waals surface area contributed by atoms with Gasteiger partial charge in [0.15, 0.2) is 0 Å². The maximum absolute atomic E-state index is 13.1. The maximum Gasteiger partial charge on any atom is 0.254 e. The molecular weight excluding hydrogens is 412 g/mol. The zero-order chi connectivity index (χ0) is 21.2. The molecule has 2 aromatic carbocycles. The van der Waals surface area contributed by atoms with E-state index in [1.807, 2.05) is 41.3 Å². The highest BCUT2D eigenvalue weighted by Gasteiger charge is 2.33. The van der Waals surface area contributed by atoms with E-state index in [0.29, 0.717) is 31.9 Å². The van der Waals surface area contributed by atoms with E-state index < -0.39 is 0 Å². The fraction of sp³-hybridized carbons (Fsp3) is 0.391. The van der Waals surface area contributed by atoms with E-state index in [-0.39, 0.29) is 17.2 Å². The Morgan fingerprint density at radius 3 is 2.45 bits per heavy atom. The van der Waals surface area contributed by atoms with Crippen LogP contribution in [-0.2, 0) is 9.53 Å². The number of hydrogen-bond donors (Lipinski definition) is 1. The standard InChI is InChI=1S/C23H26N4O3S/c28-21-23(27-12-14-30-15-13-27)31-20-7-6-17(16-19(20)24-21)22(29)26-10-8-25(9-11-26)18-4-2-1-3-5-18/h1-7,16,23H,8-15H2,(H,24,28)/t23-/m1/s1. The number of amides is 2. The molecule has 162 valence electrons. The highest BCUT2D eigenvalue weighted by Crippen LogP contribution is 2.38. The van der Waals surface area contributed by atoms with Gasteiger partial charge in [0.2, 0.25) is 0 Å². The zero-order valence-electron chi connectivity index (χ0n) is 17.3. The third kappa shape index (κ3) is 4.28. The van der Waals surface area contributed by atoms with Crippen LogP contribution in [0.15, 0.2) is 53.4 Å². The molecule has 1 atom stereocenters. The van der Waals surface area contributed by atoms with E-state index in [4.69, 9.17) is 4.74 Å². The summed E-state index contributed by atoms with van der Waals surface area (Å²) in [5.41, 5.74) is 2.55. The molecule has 0 saturated carbocycles. The fourth-order valence-corrected chi connectivity index (χ4v) is 5.42. The Kier molecular flexibility index (Phi) is 5.85. The number of para-hydroxylation sites is 1. The number of thioether (sulfide) groups is 1. The van der Waals surface area contributed by atoms with Crippen molar-refractivity contribution in [2.24, 2.45) is 0 Å². The Balaban J connectivity index is 1.24. The Hall–Kier alpha value is -2.55. The first-order valence-corrected chi connectivity index (χ1v) is 11.6. The van der Waals surface area contributed by atoms with E-state index in [9.17, 15) is 9.59 Å². The van der Waals surface area contributed by atoms with E-state index in [1.54, 1.807) is 11.8 Å². The average Bonchev–Trinajstić information content (AvgIpc) is 2.84. The van der Waals surface area contributed by atoms with Gasteiger partial charge in [-0.05, 0) is 30.3 Å². The van der Waals surface area contributed by atoms with E-state index >= 15 is 0 Å². The van der Waals surface area contributed by atoms with Crippen LogP contribution < -0.4 is 10.2 Å². The van der Waals surface area contributed by atoms with Crippen LogP contribution in [0.5, 0.6) is 0 Å². The molecule has 1 N–H and O–H groups in total. The van der Waals surface area contributed by atoms with Crippen LogP contribution in [0, 0.1) is 0 Å². The minimum absolute atomic E-state index is 0.0186. The van der Waals surface area contributed by atoms with Crippen molar-refractivity contribution in [2.75, 3.05) is 62.7 Å². The van der Waals surface area contributed by atoms with E-state index in [1.165, 1.54) is 5.69 Å². The number of benzene rings is 2. The van der Waals surface area contributed by atoms with Gasteiger partial charge in [-0.2, -0.15) is 0 Å². The molecular formula is C23H26N4O3S. The number of carbonyl (C=O) groups excluding carboxylic acids is 2. The van der Waals surface area contributed by atoms with Crippen molar-refractivity contribution in [2.45, 2.75) is 10.3 Å². The number of nitrogens with zero attached hydrogens (tertiary/aromatic N) is 3. The number of carbonyl (C=O) groups is 2. The molecule has 0 bridgehead atoms. The summed E-state index contributed by atoms with van der Waals surface area (Å²) >= 11 is 1.55. The molecule has 3 aliphatic rings. The van der Waals surface area contributed by atoms with Gasteiger partial charge in [-0.1, -0.05) is 30.0 Å². The van der Waals surface area contributed by atoms with Crippen LogP contribution in [0.25, 0.3) is 0 Å². The van der Waals surface area contributed by atoms with Crippen LogP contribution in [-0.4, -0.2) is 79.5 Å². The normalized spacial score (nSPS) is 22.1. The fourth-order valence-electron chi connectivity index (χ4n) is 4.27. The highest BCUT2D eigenvalue weighted by atomic mass is 32.2. The predicted molar refractivity (Wildman–Crippen MR) is 122 cm³/mol. The van der Waals surface area contributed by atoms with Crippen molar-refractivity contribution in [1.29, 1.82) is 0 Å². The summed E-state index contributed by atoms with van der Waals surface area (Å²) in [5.74, 6) is -0.00876. The van der Waals surface area contributed by atoms with Crippen LogP contribution in [0.3, 0.4) is 0 Å². The Morgan fingerprint density at radius 1 is 0.968 bits per heavy atom. The van der Waals surface area contributed by atoms with Gasteiger partial charge in [-0.25, -0.2) is 0 Å². The molecule has 0 aromatic heterocycles. The van der Waals surface area contributed by atoms with Crippen LogP contribution in [0.2, 0.25) is 0 Å². The molecule has 3 aliphatic heterocycles. The molecule has 5 rings (SSSR count). The lowest BCUT2D eigenvalue weighted by atomic mass is 10.1. The summed E-state index contributed by atoms with van der Waals surface area (Å²) < 4.78 is 5.40. The second kappa shape index (κ2) is 8.90. The Morgan fingerprint density at radius 2 is 1.71 bits per heavy atom. The van der Waals surface area contributed by atoms with E-state index in [0.717, 1.165) is 36.8 Å². The molecule has 0 unspecified atom stereocenters. The molecule has 2 amide bonds. The second-order valence-corrected chi connectivity index (χ2v) is 9.06. The summed E-state index contributed by atoms with van der Waals surface area (Å²) in [6, 6.07) is 16.0. The number of nitrogens with one attached hydrogen (secondary N) is 1. The van der Waals surface area contributed by atoms with Crippen molar-refractivity contribution in [1.82, 2.24) is 9.80 Å². The van der Waals surface area contributed by atoms with Crippen molar-refractivity contribution in [3.8, 4) is 0 Å². The van der Waals surface area contributed by atoms with Crippen LogP contribution in [0.1, 0.15) is 10.4 Å². The molecule has 0 spiro atoms. The number of anilines is 2. The lowest BCUT2D eigenvalue weighted by molar-refractivity contribution is -0.119. The minimum atomic E-state index is -0.246. The SMILES string of the molecule is O=C1Nc2cc(C(=O)N3CCN(c4ccccc4)CC3)ccc2S[C@H]1N1CCOCC1. The quantitative estimate of drug-likeness (QED) is 0.794. The third-order valence-electron chi connectivity index (χ3n) is 6.01. The lowest BCUT2D eigenvalue weighted by Gasteiger charge is -2.37. The van der Waals surface area contributed by atoms with Gasteiger partial charge < -0.3 is 19.9 Å². The molecule has 31 heavy (non-hydrogen) atoms. The summed E-state index contributed by atoms with van der Waals surface area (Å²) in [7, 11) is 0. The second-order valence-electron chi connectivity index (χ2n) is 7.93. The number of ether oxygens (including phenoxy) is 1. The van der Waals surface area contributed by atoms with Crippen molar-refractivity contribution in [3.63, 3.8) is 0 Å². The van der Waals surface area contributed by atoms with Gasteiger partial charge in [0.1, 0.15) is 5.37 Å². The first kappa shape index (κ1) is 20.4. The predicted octanol–water partition coefficient (Wildman–Crippen LogP) is 2.35. The van der Waals surface area contributed by atoms with Crippen molar-refractivity contribution >= 4 is 35.0 Å². The maximum atomic E-state index is 13.1. The highest BCUT2D eigenvalue weighted by molar-refractivity contribution is 8.00. The molecule has 7 nitrogen and oxygen atoms in total. The van der Waals surface area contributed by atoms with E-state index in [2.05, 4.69) is 27.2 Å². The molecule has 3 heterocycles. The summed E-state index contributed by atoms with van der Waals surface area (Å²) in [6.07, 6.45) is 0. The largest absolute Gasteiger partial charge is 0.379 e. The van der Waals surface area contributed by atoms with Gasteiger partial charge in [-0.15, -0.1) is 0 Å². The average molecular weight is 439 g/mol. The minimum Gasteiger partial charge on any atom is -0.379 e. The van der Waals surface area contributed by atoms with Gasteiger partial charge in [0.25, 0.3) is 11.8 Å². The smallest absolute Gasteiger partial charge is 0.254 e. The number of hydrogen-bond acceptors (Lipinski definition) is 6. The Bertz CT molecular complexity index is 957. The molecule has 2 aromatic rings. The number of rotatable bonds is 3. The first-order chi connectivity index (χ1) is 15.2. The number of morpholine rings is 1. The monoisotopic (exact) mass is 438 g/mol. The molecule has 0 aliphatic carbocycles. The topological polar surface area (TPSA) is 65.1 Å². The zero-order valence-corrected chi connectivity index (χ0v) is 18.1. The van der Waals surface area contributed by atoms with Gasteiger partial charge in [-0.3, -0.25) is 14.5 Å². The van der Waals surface area contributed by atoms with Crippen LogP contribution in [0.4, 0.5) is 11.4 Å². The summed E-state index contributed by atoms with van der Waals surface area (Å²) in [4.78, 5) is 33.1. The number of fused-ring (bicyclic) bond motifs is 1. The summed E-state index contributed by atoms with van der Waals surface area (Å²) in [6.45, 7) is 5.82. The van der Waals surface area contributed by atoms with Gasteiger partial charge in [0, 0.05) is 55.4 Å². The Labute approximate surface area is 186 Å².